The lowest BCUT2D eigenvalue weighted by atomic mass is 9.92. The molecule has 8 heteroatoms. The van der Waals surface area contributed by atoms with Crippen molar-refractivity contribution in [2.24, 2.45) is 17.3 Å². The quantitative estimate of drug-likeness (QED) is 0.371. The van der Waals surface area contributed by atoms with E-state index in [1.54, 1.807) is 32.9 Å². The molecule has 3 amide bonds. The van der Waals surface area contributed by atoms with Gasteiger partial charge < -0.3 is 20.3 Å². The van der Waals surface area contributed by atoms with Gasteiger partial charge in [-0.25, -0.2) is 0 Å². The van der Waals surface area contributed by atoms with Crippen LogP contribution in [0.4, 0.5) is 0 Å². The monoisotopic (exact) mass is 475 g/mol. The summed E-state index contributed by atoms with van der Waals surface area (Å²) < 4.78 is 5.64. The molecule has 1 rings (SSSR count). The van der Waals surface area contributed by atoms with E-state index in [0.29, 0.717) is 5.57 Å². The maximum absolute atomic E-state index is 12.9. The second-order valence-electron chi connectivity index (χ2n) is 10.3. The van der Waals surface area contributed by atoms with Crippen LogP contribution in [-0.2, 0) is 23.9 Å². The number of carbonyl (C=O) groups excluding carboxylic acids is 4. The van der Waals surface area contributed by atoms with Crippen LogP contribution in [0.15, 0.2) is 36.5 Å². The van der Waals surface area contributed by atoms with Gasteiger partial charge >= 0.3 is 5.97 Å². The van der Waals surface area contributed by atoms with E-state index in [1.165, 1.54) is 11.9 Å². The first kappa shape index (κ1) is 29.1. The van der Waals surface area contributed by atoms with E-state index >= 15 is 0 Å². The Morgan fingerprint density at radius 3 is 2.29 bits per heavy atom. The molecule has 190 valence electrons. The lowest BCUT2D eigenvalue weighted by Crippen LogP contribution is -2.55. The van der Waals surface area contributed by atoms with Crippen molar-refractivity contribution in [2.45, 2.75) is 73.1 Å². The molecular weight excluding hydrogens is 434 g/mol. The molecule has 0 aromatic carbocycles. The van der Waals surface area contributed by atoms with Gasteiger partial charge in [-0.1, -0.05) is 71.9 Å². The molecule has 2 N–H and O–H groups in total. The van der Waals surface area contributed by atoms with Gasteiger partial charge in [0.2, 0.25) is 17.7 Å². The highest BCUT2D eigenvalue weighted by Crippen LogP contribution is 2.22. The van der Waals surface area contributed by atoms with Crippen molar-refractivity contribution >= 4 is 23.7 Å². The largest absolute Gasteiger partial charge is 0.456 e. The molecule has 1 aliphatic heterocycles. The van der Waals surface area contributed by atoms with E-state index < -0.39 is 36.0 Å². The summed E-state index contributed by atoms with van der Waals surface area (Å²) in [6.07, 6.45) is 6.74. The van der Waals surface area contributed by atoms with Crippen LogP contribution in [0.5, 0.6) is 0 Å². The van der Waals surface area contributed by atoms with Crippen molar-refractivity contribution < 1.29 is 23.9 Å². The SMILES string of the molecule is C=C1CC(=O)N[C@@H](C)C(=O)N(C)[C@@H](C(C)C)C(=O)NCC(=O)O[C@@H](C=C/C=C\C(C)(C)C)[C@@H]1C. The van der Waals surface area contributed by atoms with E-state index in [2.05, 4.69) is 38.0 Å². The van der Waals surface area contributed by atoms with Gasteiger partial charge in [0.1, 0.15) is 24.7 Å². The minimum atomic E-state index is -0.823. The normalized spacial score (nSPS) is 27.0. The average Bonchev–Trinajstić information content (AvgIpc) is 2.71. The first-order valence-corrected chi connectivity index (χ1v) is 11.7. The maximum Gasteiger partial charge on any atom is 0.326 e. The molecule has 1 fully saturated rings. The number of amides is 3. The lowest BCUT2D eigenvalue weighted by Gasteiger charge is -2.32. The highest BCUT2D eigenvalue weighted by Gasteiger charge is 2.33. The topological polar surface area (TPSA) is 105 Å². The molecule has 8 nitrogen and oxygen atoms in total. The van der Waals surface area contributed by atoms with Crippen LogP contribution in [0.2, 0.25) is 0 Å². The van der Waals surface area contributed by atoms with Crippen molar-refractivity contribution in [2.75, 3.05) is 13.6 Å². The van der Waals surface area contributed by atoms with Crippen LogP contribution in [0, 0.1) is 17.3 Å². The Morgan fingerprint density at radius 2 is 1.74 bits per heavy atom. The van der Waals surface area contributed by atoms with E-state index in [1.807, 2.05) is 19.1 Å². The van der Waals surface area contributed by atoms with Crippen molar-refractivity contribution in [3.8, 4) is 0 Å². The summed E-state index contributed by atoms with van der Waals surface area (Å²) in [6, 6.07) is -1.63. The van der Waals surface area contributed by atoms with E-state index in [0.717, 1.165) is 0 Å². The molecule has 0 aromatic heterocycles. The fourth-order valence-corrected chi connectivity index (χ4v) is 3.61. The Hall–Kier alpha value is -2.90. The minimum absolute atomic E-state index is 0.00535. The van der Waals surface area contributed by atoms with Crippen LogP contribution < -0.4 is 10.6 Å². The van der Waals surface area contributed by atoms with E-state index in [4.69, 9.17) is 4.74 Å². The second-order valence-corrected chi connectivity index (χ2v) is 10.3. The van der Waals surface area contributed by atoms with Crippen molar-refractivity contribution in [1.29, 1.82) is 0 Å². The molecule has 4 atom stereocenters. The number of nitrogens with one attached hydrogen (secondary N) is 2. The predicted molar refractivity (Wildman–Crippen MR) is 133 cm³/mol. The number of rotatable bonds is 3. The van der Waals surface area contributed by atoms with Gasteiger partial charge in [-0.3, -0.25) is 19.2 Å². The Balaban J connectivity index is 3.24. The molecule has 0 bridgehead atoms. The van der Waals surface area contributed by atoms with Gasteiger partial charge in [-0.05, 0) is 24.3 Å². The summed E-state index contributed by atoms with van der Waals surface area (Å²) in [5.74, 6) is -2.43. The van der Waals surface area contributed by atoms with Crippen molar-refractivity contribution in [1.82, 2.24) is 15.5 Å². The Morgan fingerprint density at radius 1 is 1.12 bits per heavy atom. The predicted octanol–water partition coefficient (Wildman–Crippen LogP) is 2.76. The van der Waals surface area contributed by atoms with Gasteiger partial charge in [0, 0.05) is 19.4 Å². The summed E-state index contributed by atoms with van der Waals surface area (Å²) in [5, 5.41) is 5.27. The van der Waals surface area contributed by atoms with Crippen LogP contribution in [0.3, 0.4) is 0 Å². The molecule has 0 saturated carbocycles. The van der Waals surface area contributed by atoms with Gasteiger partial charge in [-0.2, -0.15) is 0 Å². The molecule has 1 heterocycles. The third-order valence-electron chi connectivity index (χ3n) is 5.62. The zero-order chi connectivity index (χ0) is 26.2. The molecule has 0 aliphatic carbocycles. The van der Waals surface area contributed by atoms with Crippen molar-refractivity contribution in [3.05, 3.63) is 36.5 Å². The van der Waals surface area contributed by atoms with E-state index in [9.17, 15) is 19.2 Å². The van der Waals surface area contributed by atoms with E-state index in [-0.39, 0.29) is 36.1 Å². The number of hydrogen-bond acceptors (Lipinski definition) is 5. The fraction of sp³-hybridized carbons (Fsp3) is 0.615. The molecule has 34 heavy (non-hydrogen) atoms. The van der Waals surface area contributed by atoms with Crippen LogP contribution >= 0.6 is 0 Å². The van der Waals surface area contributed by atoms with Gasteiger partial charge in [0.15, 0.2) is 0 Å². The number of carbonyl (C=O) groups is 4. The third-order valence-corrected chi connectivity index (χ3v) is 5.62. The highest BCUT2D eigenvalue weighted by atomic mass is 16.5. The standard InChI is InChI=1S/C26H41N3O5/c1-16(2)23-24(32)27-15-22(31)34-20(12-10-11-13-26(6,7)8)18(4)17(3)14-21(30)28-19(5)25(33)29(23)9/h10-13,16,18-20,23H,3,14-15H2,1-2,4-9H3,(H,27,32)(H,28,30)/b12-10?,13-11-/t18-,19+,20+,23+/m1/s1. The molecule has 0 radical (unpaired) electrons. The lowest BCUT2D eigenvalue weighted by molar-refractivity contribution is -0.149. The number of hydrogen-bond donors (Lipinski definition) is 2. The molecular formula is C26H41N3O5. The summed E-state index contributed by atoms with van der Waals surface area (Å²) in [7, 11) is 1.51. The fourth-order valence-electron chi connectivity index (χ4n) is 3.61. The summed E-state index contributed by atoms with van der Waals surface area (Å²) in [6.45, 7) is 16.9. The van der Waals surface area contributed by atoms with Gasteiger partial charge in [0.25, 0.3) is 0 Å². The second kappa shape index (κ2) is 12.5. The number of cyclic esters (lactones) is 1. The number of allylic oxidation sites excluding steroid dienone is 3. The molecule has 0 unspecified atom stereocenters. The third kappa shape index (κ3) is 9.15. The average molecular weight is 476 g/mol. The molecule has 1 saturated heterocycles. The first-order chi connectivity index (χ1) is 15.6. The van der Waals surface area contributed by atoms with Crippen LogP contribution in [-0.4, -0.2) is 60.4 Å². The summed E-state index contributed by atoms with van der Waals surface area (Å²) >= 11 is 0. The Kier molecular flexibility index (Phi) is 10.7. The number of likely N-dealkylation sites (N-methyl/N-ethyl adjacent to an activating group) is 1. The molecule has 1 aliphatic rings. The molecule has 0 spiro atoms. The molecule has 0 aromatic rings. The van der Waals surface area contributed by atoms with Crippen LogP contribution in [0.1, 0.15) is 54.9 Å². The van der Waals surface area contributed by atoms with Crippen molar-refractivity contribution in [3.63, 3.8) is 0 Å². The minimum Gasteiger partial charge on any atom is -0.456 e. The highest BCUT2D eigenvalue weighted by molar-refractivity contribution is 5.93. The van der Waals surface area contributed by atoms with Gasteiger partial charge in [-0.15, -0.1) is 0 Å². The number of nitrogens with zero attached hydrogens (tertiary/aromatic N) is 1. The zero-order valence-electron chi connectivity index (χ0n) is 21.8. The Bertz CT molecular complexity index is 838. The Labute approximate surface area is 203 Å². The first-order valence-electron chi connectivity index (χ1n) is 11.7. The maximum atomic E-state index is 12.9. The number of ether oxygens (including phenoxy) is 1. The van der Waals surface area contributed by atoms with Crippen LogP contribution in [0.25, 0.3) is 0 Å². The van der Waals surface area contributed by atoms with Gasteiger partial charge in [0.05, 0.1) is 0 Å². The summed E-state index contributed by atoms with van der Waals surface area (Å²) in [5.41, 5.74) is 0.556. The zero-order valence-corrected chi connectivity index (χ0v) is 21.8. The number of esters is 1. The smallest absolute Gasteiger partial charge is 0.326 e. The summed E-state index contributed by atoms with van der Waals surface area (Å²) in [4.78, 5) is 52.2.